The van der Waals surface area contributed by atoms with E-state index < -0.39 is 22.0 Å². The summed E-state index contributed by atoms with van der Waals surface area (Å²) in [4.78, 5) is 41.4. The third-order valence-electron chi connectivity index (χ3n) is 7.31. The van der Waals surface area contributed by atoms with Crippen LogP contribution in [0.1, 0.15) is 60.9 Å². The molecule has 6 N–H and O–H groups in total. The van der Waals surface area contributed by atoms with Gasteiger partial charge in [0.05, 0.1) is 18.6 Å². The minimum Gasteiger partial charge on any atom is -0.494 e. The van der Waals surface area contributed by atoms with Gasteiger partial charge in [-0.05, 0) is 87.3 Å². The lowest BCUT2D eigenvalue weighted by molar-refractivity contribution is -0.142. The van der Waals surface area contributed by atoms with Gasteiger partial charge < -0.3 is 31.2 Å². The van der Waals surface area contributed by atoms with Crippen molar-refractivity contribution < 1.29 is 32.3 Å². The normalized spacial score (nSPS) is 13.2. The molecule has 2 aromatic rings. The minimum atomic E-state index is -4.18. The molecule has 0 spiro atoms. The molecule has 1 aliphatic rings. The zero-order chi connectivity index (χ0) is 32.8. The highest BCUT2D eigenvalue weighted by atomic mass is 32.2. The first-order valence-corrected chi connectivity index (χ1v) is 16.8. The van der Waals surface area contributed by atoms with Crippen LogP contribution in [0.2, 0.25) is 0 Å². The first-order chi connectivity index (χ1) is 21.5. The number of esters is 1. The molecule has 1 aromatic heterocycles. The number of fused-ring (bicyclic) bond motifs is 1. The molecule has 13 nitrogen and oxygen atoms in total. The van der Waals surface area contributed by atoms with Crippen molar-refractivity contribution in [1.82, 2.24) is 20.3 Å². The van der Waals surface area contributed by atoms with Gasteiger partial charge in [-0.1, -0.05) is 6.07 Å². The van der Waals surface area contributed by atoms with Crippen LogP contribution in [-0.4, -0.2) is 77.1 Å². The Balaban J connectivity index is 1.50. The van der Waals surface area contributed by atoms with Gasteiger partial charge in [-0.25, -0.2) is 13.4 Å². The fraction of sp³-hybridized carbons (Fsp3) is 0.548. The predicted molar refractivity (Wildman–Crippen MR) is 170 cm³/mol. The summed E-state index contributed by atoms with van der Waals surface area (Å²) < 4.78 is 39.7. The summed E-state index contributed by atoms with van der Waals surface area (Å²) >= 11 is 0. The van der Waals surface area contributed by atoms with E-state index in [1.165, 1.54) is 5.56 Å². The van der Waals surface area contributed by atoms with Crippen LogP contribution in [0.5, 0.6) is 5.75 Å². The zero-order valence-corrected chi connectivity index (χ0v) is 27.2. The second-order valence-corrected chi connectivity index (χ2v) is 12.7. The first kappa shape index (κ1) is 35.7. The van der Waals surface area contributed by atoms with Crippen molar-refractivity contribution in [3.63, 3.8) is 0 Å². The van der Waals surface area contributed by atoms with Crippen LogP contribution in [0.15, 0.2) is 29.2 Å². The van der Waals surface area contributed by atoms with Gasteiger partial charge in [0, 0.05) is 44.7 Å². The lowest BCUT2D eigenvalue weighted by Crippen LogP contribution is -2.49. The van der Waals surface area contributed by atoms with Gasteiger partial charge in [-0.2, -0.15) is 4.72 Å². The van der Waals surface area contributed by atoms with Crippen molar-refractivity contribution in [1.29, 1.82) is 0 Å². The Kier molecular flexibility index (Phi) is 14.0. The number of anilines is 1. The van der Waals surface area contributed by atoms with E-state index in [1.807, 2.05) is 6.07 Å². The zero-order valence-electron chi connectivity index (χ0n) is 26.4. The topological polar surface area (TPSA) is 191 Å². The number of aryl methyl sites for hydroxylation is 4. The lowest BCUT2D eigenvalue weighted by atomic mass is 10.1. The molecule has 2 heterocycles. The maximum Gasteiger partial charge on any atom is 0.325 e. The van der Waals surface area contributed by atoms with Crippen LogP contribution in [0.3, 0.4) is 0 Å². The smallest absolute Gasteiger partial charge is 0.325 e. The number of benzene rings is 1. The number of rotatable bonds is 18. The Labute approximate surface area is 265 Å². The van der Waals surface area contributed by atoms with Crippen LogP contribution in [0.25, 0.3) is 0 Å². The number of ether oxygens (including phenoxy) is 2. The molecule has 0 saturated carbocycles. The summed E-state index contributed by atoms with van der Waals surface area (Å²) in [5.74, 6) is 0.170. The summed E-state index contributed by atoms with van der Waals surface area (Å²) in [7, 11) is -3.02. The van der Waals surface area contributed by atoms with Crippen molar-refractivity contribution in [2.24, 2.45) is 5.73 Å². The Morgan fingerprint density at radius 3 is 2.47 bits per heavy atom. The summed E-state index contributed by atoms with van der Waals surface area (Å²) in [6.07, 6.45) is 5.22. The van der Waals surface area contributed by atoms with Crippen LogP contribution in [0, 0.1) is 13.8 Å². The highest BCUT2D eigenvalue weighted by Crippen LogP contribution is 2.26. The SMILES string of the molecule is COC(=O)[C@@H](CNC(=O)CCCCc1ccc2c(n1)NCCC2)NS(=O)(=O)c1c(C)cc(OCCCC(=O)NCCN)cc1C. The molecule has 0 fully saturated rings. The second kappa shape index (κ2) is 17.7. The molecule has 0 saturated heterocycles. The molecule has 1 atom stereocenters. The number of methoxy groups -OCH3 is 1. The molecule has 0 aliphatic carbocycles. The van der Waals surface area contributed by atoms with Crippen LogP contribution < -0.4 is 31.1 Å². The maximum atomic E-state index is 13.4. The average Bonchev–Trinajstić information content (AvgIpc) is 3.01. The minimum absolute atomic E-state index is 0.00206. The second-order valence-electron chi connectivity index (χ2n) is 11.0. The van der Waals surface area contributed by atoms with E-state index in [-0.39, 0.29) is 42.7 Å². The molecule has 45 heavy (non-hydrogen) atoms. The average molecular weight is 647 g/mol. The van der Waals surface area contributed by atoms with Crippen LogP contribution in [-0.2, 0) is 42.0 Å². The van der Waals surface area contributed by atoms with Gasteiger partial charge >= 0.3 is 5.97 Å². The van der Waals surface area contributed by atoms with Gasteiger partial charge in [-0.3, -0.25) is 14.4 Å². The molecule has 3 rings (SSSR count). The van der Waals surface area contributed by atoms with E-state index in [9.17, 15) is 22.8 Å². The van der Waals surface area contributed by atoms with Gasteiger partial charge in [0.2, 0.25) is 21.8 Å². The van der Waals surface area contributed by atoms with Gasteiger partial charge in [0.1, 0.15) is 17.6 Å². The number of unbranched alkanes of at least 4 members (excludes halogenated alkanes) is 1. The molecule has 0 bridgehead atoms. The van der Waals surface area contributed by atoms with Crippen LogP contribution >= 0.6 is 0 Å². The molecule has 1 aromatic carbocycles. The number of nitrogens with zero attached hydrogens (tertiary/aromatic N) is 1. The van der Waals surface area contributed by atoms with Crippen molar-refractivity contribution in [2.75, 3.05) is 45.2 Å². The van der Waals surface area contributed by atoms with Gasteiger partial charge in [0.25, 0.3) is 0 Å². The number of hydrogen-bond donors (Lipinski definition) is 5. The summed E-state index contributed by atoms with van der Waals surface area (Å²) in [5.41, 5.74) is 8.40. The van der Waals surface area contributed by atoms with Crippen molar-refractivity contribution in [2.45, 2.75) is 76.2 Å². The third-order valence-corrected chi connectivity index (χ3v) is 9.09. The standard InChI is InChI=1S/C31H46N6O7S/c1-21-18-25(44-17-7-11-27(38)33-16-14-32)19-22(2)29(21)45(41,42)37-26(31(40)43-3)20-35-28(39)10-5-4-9-24-13-12-23-8-6-15-34-30(23)36-24/h12-13,18-19,26,37H,4-11,14-17,20,32H2,1-3H3,(H,33,38)(H,34,36)(H,35,39)/t26-/m1/s1. The van der Waals surface area contributed by atoms with Crippen molar-refractivity contribution in [3.8, 4) is 5.75 Å². The first-order valence-electron chi connectivity index (χ1n) is 15.3. The molecular weight excluding hydrogens is 600 g/mol. The highest BCUT2D eigenvalue weighted by Gasteiger charge is 2.29. The summed E-state index contributed by atoms with van der Waals surface area (Å²) in [5, 5.41) is 8.66. The Hall–Kier alpha value is -3.75. The number of pyridine rings is 1. The number of nitrogens with two attached hydrogens (primary N) is 1. The van der Waals surface area contributed by atoms with E-state index in [4.69, 9.17) is 15.2 Å². The molecule has 248 valence electrons. The molecular formula is C31H46N6O7S. The third kappa shape index (κ3) is 11.3. The number of amides is 2. The highest BCUT2D eigenvalue weighted by molar-refractivity contribution is 7.89. The maximum absolute atomic E-state index is 13.4. The molecule has 1 aliphatic heterocycles. The number of aromatic nitrogens is 1. The molecule has 2 amide bonds. The molecule has 14 heteroatoms. The van der Waals surface area contributed by atoms with Gasteiger partial charge in [-0.15, -0.1) is 0 Å². The number of carbonyl (C=O) groups is 3. The van der Waals surface area contributed by atoms with E-state index in [2.05, 4.69) is 31.7 Å². The monoisotopic (exact) mass is 646 g/mol. The Morgan fingerprint density at radius 2 is 1.76 bits per heavy atom. The number of sulfonamides is 1. The Morgan fingerprint density at radius 1 is 1.04 bits per heavy atom. The number of carbonyl (C=O) groups excluding carboxylic acids is 3. The number of hydrogen-bond acceptors (Lipinski definition) is 10. The van der Waals surface area contributed by atoms with E-state index in [0.717, 1.165) is 50.8 Å². The predicted octanol–water partition coefficient (Wildman–Crippen LogP) is 1.64. The largest absolute Gasteiger partial charge is 0.494 e. The van der Waals surface area contributed by atoms with Crippen molar-refractivity contribution in [3.05, 3.63) is 46.6 Å². The van der Waals surface area contributed by atoms with Crippen molar-refractivity contribution >= 4 is 33.6 Å². The van der Waals surface area contributed by atoms with Crippen LogP contribution in [0.4, 0.5) is 5.82 Å². The quantitative estimate of drug-likeness (QED) is 0.118. The molecule has 0 radical (unpaired) electrons. The molecule has 0 unspecified atom stereocenters. The lowest BCUT2D eigenvalue weighted by Gasteiger charge is -2.20. The van der Waals surface area contributed by atoms with Gasteiger partial charge in [0.15, 0.2) is 0 Å². The summed E-state index contributed by atoms with van der Waals surface area (Å²) in [6, 6.07) is 5.97. The fourth-order valence-electron chi connectivity index (χ4n) is 5.11. The van der Waals surface area contributed by atoms with E-state index in [0.29, 0.717) is 42.8 Å². The number of nitrogens with one attached hydrogen (secondary N) is 4. The van der Waals surface area contributed by atoms with E-state index >= 15 is 0 Å². The fourth-order valence-corrected chi connectivity index (χ4v) is 6.74. The summed E-state index contributed by atoms with van der Waals surface area (Å²) in [6.45, 7) is 4.96. The Bertz CT molecular complexity index is 1410. The van der Waals surface area contributed by atoms with E-state index in [1.54, 1.807) is 26.0 Å².